The van der Waals surface area contributed by atoms with Gasteiger partial charge in [-0.1, -0.05) is 36.7 Å². The summed E-state index contributed by atoms with van der Waals surface area (Å²) in [5, 5.41) is 10.3. The highest BCUT2D eigenvalue weighted by Crippen LogP contribution is 2.37. The molecule has 2 atom stereocenters. The first-order valence-corrected chi connectivity index (χ1v) is 9.77. The molecule has 0 aliphatic carbocycles. The first-order chi connectivity index (χ1) is 13.4. The number of aromatic hydroxyl groups is 1. The van der Waals surface area contributed by atoms with E-state index in [0.717, 1.165) is 12.0 Å². The number of benzene rings is 2. The standard InChI is InChI=1S/C22H24ClFN2O2/c1-2-17(25)7-9-22(28)26-13-15(19-12-16(23)6-8-20(19)24)11-21(26)14-4-3-5-18(27)10-14/h3-6,8,10-12,17,21,27H,2,7,9,13,25H2,1H3. The van der Waals surface area contributed by atoms with Crippen LogP contribution in [0.3, 0.4) is 0 Å². The number of hydrogen-bond donors (Lipinski definition) is 2. The lowest BCUT2D eigenvalue weighted by atomic mass is 10.0. The van der Waals surface area contributed by atoms with Crippen molar-refractivity contribution in [1.82, 2.24) is 4.90 Å². The Morgan fingerprint density at radius 3 is 2.86 bits per heavy atom. The van der Waals surface area contributed by atoms with Crippen LogP contribution >= 0.6 is 11.6 Å². The summed E-state index contributed by atoms with van der Waals surface area (Å²) in [5.74, 6) is -0.313. The van der Waals surface area contributed by atoms with Gasteiger partial charge in [0.15, 0.2) is 0 Å². The summed E-state index contributed by atoms with van der Waals surface area (Å²) in [6, 6.07) is 10.8. The van der Waals surface area contributed by atoms with E-state index in [2.05, 4.69) is 0 Å². The van der Waals surface area contributed by atoms with Crippen molar-refractivity contribution in [3.05, 3.63) is 70.5 Å². The van der Waals surface area contributed by atoms with Gasteiger partial charge >= 0.3 is 0 Å². The highest BCUT2D eigenvalue weighted by molar-refractivity contribution is 6.30. The molecule has 1 amide bonds. The van der Waals surface area contributed by atoms with Gasteiger partial charge in [0.25, 0.3) is 0 Å². The van der Waals surface area contributed by atoms with Crippen LogP contribution < -0.4 is 5.73 Å². The zero-order valence-corrected chi connectivity index (χ0v) is 16.5. The lowest BCUT2D eigenvalue weighted by molar-refractivity contribution is -0.131. The van der Waals surface area contributed by atoms with Gasteiger partial charge in [0.2, 0.25) is 5.91 Å². The molecule has 2 aromatic rings. The van der Waals surface area contributed by atoms with Crippen LogP contribution in [0.5, 0.6) is 5.75 Å². The van der Waals surface area contributed by atoms with Crippen LogP contribution in [0.4, 0.5) is 4.39 Å². The summed E-state index contributed by atoms with van der Waals surface area (Å²) < 4.78 is 14.4. The third-order valence-electron chi connectivity index (χ3n) is 5.10. The van der Waals surface area contributed by atoms with Crippen LogP contribution in [-0.2, 0) is 4.79 Å². The fourth-order valence-electron chi connectivity index (χ4n) is 3.42. The van der Waals surface area contributed by atoms with Gasteiger partial charge in [-0.15, -0.1) is 0 Å². The molecule has 0 bridgehead atoms. The van der Waals surface area contributed by atoms with Crippen molar-refractivity contribution in [3.8, 4) is 5.75 Å². The Bertz CT molecular complexity index is 900. The Balaban J connectivity index is 1.93. The lowest BCUT2D eigenvalue weighted by Gasteiger charge is -2.26. The molecule has 4 nitrogen and oxygen atoms in total. The fourth-order valence-corrected chi connectivity index (χ4v) is 3.59. The van der Waals surface area contributed by atoms with E-state index in [1.54, 1.807) is 29.2 Å². The molecule has 0 radical (unpaired) electrons. The Hall–Kier alpha value is -2.37. The number of carbonyl (C=O) groups excluding carboxylic acids is 1. The van der Waals surface area contributed by atoms with E-state index >= 15 is 0 Å². The van der Waals surface area contributed by atoms with Crippen molar-refractivity contribution in [2.24, 2.45) is 5.73 Å². The van der Waals surface area contributed by atoms with Crippen molar-refractivity contribution in [2.75, 3.05) is 6.54 Å². The van der Waals surface area contributed by atoms with Crippen molar-refractivity contribution in [3.63, 3.8) is 0 Å². The molecule has 0 saturated carbocycles. The van der Waals surface area contributed by atoms with Crippen molar-refractivity contribution in [1.29, 1.82) is 0 Å². The number of nitrogens with zero attached hydrogens (tertiary/aromatic N) is 1. The predicted octanol–water partition coefficient (Wildman–Crippen LogP) is 4.67. The van der Waals surface area contributed by atoms with E-state index in [0.29, 0.717) is 29.0 Å². The van der Waals surface area contributed by atoms with E-state index in [4.69, 9.17) is 17.3 Å². The maximum Gasteiger partial charge on any atom is 0.223 e. The molecular weight excluding hydrogens is 379 g/mol. The second-order valence-corrected chi connectivity index (χ2v) is 7.52. The maximum absolute atomic E-state index is 14.4. The molecular formula is C22H24ClFN2O2. The number of nitrogens with two attached hydrogens (primary N) is 1. The monoisotopic (exact) mass is 402 g/mol. The molecule has 3 rings (SSSR count). The van der Waals surface area contributed by atoms with E-state index < -0.39 is 0 Å². The average Bonchev–Trinajstić information content (AvgIpc) is 3.13. The van der Waals surface area contributed by atoms with Crippen LogP contribution in [0.2, 0.25) is 5.02 Å². The van der Waals surface area contributed by atoms with Crippen LogP contribution in [0.15, 0.2) is 48.5 Å². The highest BCUT2D eigenvalue weighted by Gasteiger charge is 2.31. The smallest absolute Gasteiger partial charge is 0.223 e. The van der Waals surface area contributed by atoms with Crippen LogP contribution in [-0.4, -0.2) is 28.5 Å². The van der Waals surface area contributed by atoms with E-state index in [9.17, 15) is 14.3 Å². The van der Waals surface area contributed by atoms with Crippen LogP contribution in [0.1, 0.15) is 43.4 Å². The van der Waals surface area contributed by atoms with Gasteiger partial charge in [-0.2, -0.15) is 0 Å². The van der Waals surface area contributed by atoms with E-state index in [1.807, 2.05) is 19.1 Å². The minimum absolute atomic E-state index is 0.0245. The van der Waals surface area contributed by atoms with Gasteiger partial charge < -0.3 is 15.7 Å². The SMILES string of the molecule is CCC(N)CCC(=O)N1CC(c2cc(Cl)ccc2F)=CC1c1cccc(O)c1. The molecule has 1 aliphatic rings. The van der Waals surface area contributed by atoms with Crippen LogP contribution in [0, 0.1) is 5.82 Å². The fraction of sp³-hybridized carbons (Fsp3) is 0.318. The summed E-state index contributed by atoms with van der Waals surface area (Å²) in [7, 11) is 0. The third-order valence-corrected chi connectivity index (χ3v) is 5.33. The molecule has 28 heavy (non-hydrogen) atoms. The zero-order chi connectivity index (χ0) is 20.3. The molecule has 2 unspecified atom stereocenters. The van der Waals surface area contributed by atoms with Gasteiger partial charge in [-0.05, 0) is 54.3 Å². The second-order valence-electron chi connectivity index (χ2n) is 7.08. The summed E-state index contributed by atoms with van der Waals surface area (Å²) in [4.78, 5) is 14.6. The lowest BCUT2D eigenvalue weighted by Crippen LogP contribution is -2.33. The second kappa shape index (κ2) is 8.76. The highest BCUT2D eigenvalue weighted by atomic mass is 35.5. The van der Waals surface area contributed by atoms with Crippen molar-refractivity contribution >= 4 is 23.1 Å². The van der Waals surface area contributed by atoms with Crippen molar-refractivity contribution in [2.45, 2.75) is 38.3 Å². The van der Waals surface area contributed by atoms with Crippen LogP contribution in [0.25, 0.3) is 5.57 Å². The number of phenolic OH excluding ortho intramolecular Hbond substituents is 1. The largest absolute Gasteiger partial charge is 0.508 e. The Kier molecular flexibility index (Phi) is 6.37. The molecule has 3 N–H and O–H groups in total. The third kappa shape index (κ3) is 4.54. The molecule has 0 saturated heterocycles. The van der Waals surface area contributed by atoms with E-state index in [1.165, 1.54) is 12.1 Å². The summed E-state index contributed by atoms with van der Waals surface area (Å²) >= 11 is 6.05. The topological polar surface area (TPSA) is 66.6 Å². The normalized spacial score (nSPS) is 17.5. The molecule has 2 aromatic carbocycles. The molecule has 0 fully saturated rings. The first kappa shape index (κ1) is 20.4. The minimum atomic E-state index is -0.383. The summed E-state index contributed by atoms with van der Waals surface area (Å²) in [6.45, 7) is 2.26. The van der Waals surface area contributed by atoms with Crippen molar-refractivity contribution < 1.29 is 14.3 Å². The number of carbonyl (C=O) groups is 1. The zero-order valence-electron chi connectivity index (χ0n) is 15.7. The van der Waals surface area contributed by atoms with Gasteiger partial charge in [-0.25, -0.2) is 4.39 Å². The predicted molar refractivity (Wildman–Crippen MR) is 109 cm³/mol. The Morgan fingerprint density at radius 2 is 2.14 bits per heavy atom. The molecule has 1 heterocycles. The number of halogens is 2. The maximum atomic E-state index is 14.4. The molecule has 148 valence electrons. The van der Waals surface area contributed by atoms with Gasteiger partial charge in [-0.3, -0.25) is 4.79 Å². The van der Waals surface area contributed by atoms with E-state index in [-0.39, 0.29) is 36.1 Å². The van der Waals surface area contributed by atoms with Gasteiger partial charge in [0.05, 0.1) is 6.04 Å². The first-order valence-electron chi connectivity index (χ1n) is 9.39. The quantitative estimate of drug-likeness (QED) is 0.737. The minimum Gasteiger partial charge on any atom is -0.508 e. The number of hydrogen-bond acceptors (Lipinski definition) is 3. The Labute approximate surface area is 169 Å². The molecule has 6 heteroatoms. The van der Waals surface area contributed by atoms with Gasteiger partial charge in [0.1, 0.15) is 11.6 Å². The molecule has 0 aromatic heterocycles. The Morgan fingerprint density at radius 1 is 1.36 bits per heavy atom. The number of phenols is 1. The average molecular weight is 403 g/mol. The molecule has 0 spiro atoms. The molecule has 1 aliphatic heterocycles. The number of rotatable bonds is 6. The summed E-state index contributed by atoms with van der Waals surface area (Å²) in [5.41, 5.74) is 7.81. The van der Waals surface area contributed by atoms with Gasteiger partial charge in [0, 0.05) is 29.6 Å². The number of amides is 1. The summed E-state index contributed by atoms with van der Waals surface area (Å²) in [6.07, 6.45) is 3.59.